The number of carbonyl (C=O) groups excluding carboxylic acids is 1. The topological polar surface area (TPSA) is 76.4 Å². The van der Waals surface area contributed by atoms with Crippen molar-refractivity contribution >= 4 is 27.5 Å². The van der Waals surface area contributed by atoms with E-state index in [1.807, 2.05) is 0 Å². The molecule has 152 valence electrons. The highest BCUT2D eigenvalue weighted by Crippen LogP contribution is 2.20. The number of amides is 1. The zero-order chi connectivity index (χ0) is 20.7. The molecule has 8 heteroatoms. The summed E-state index contributed by atoms with van der Waals surface area (Å²) in [6.07, 6.45) is 1.30. The monoisotopic (exact) mass is 433 g/mol. The van der Waals surface area contributed by atoms with Crippen LogP contribution in [0.1, 0.15) is 21.7 Å². The Morgan fingerprint density at radius 2 is 1.72 bits per heavy atom. The van der Waals surface area contributed by atoms with E-state index in [0.29, 0.717) is 29.2 Å². The molecule has 1 N–H and O–H groups in total. The molecule has 2 aromatic carbocycles. The van der Waals surface area contributed by atoms with Crippen LogP contribution in [-0.4, -0.2) is 26.6 Å². The summed E-state index contributed by atoms with van der Waals surface area (Å²) in [4.78, 5) is 12.6. The van der Waals surface area contributed by atoms with Gasteiger partial charge in [0.15, 0.2) is 15.6 Å². The Morgan fingerprint density at radius 1 is 1.00 bits per heavy atom. The summed E-state index contributed by atoms with van der Waals surface area (Å²) in [6, 6.07) is 16.1. The average Bonchev–Trinajstić information content (AvgIpc) is 3.17. The first-order valence-corrected chi connectivity index (χ1v) is 11.7. The van der Waals surface area contributed by atoms with E-state index in [9.17, 15) is 17.6 Å². The second-order valence-corrected chi connectivity index (χ2v) is 9.34. The molecule has 0 fully saturated rings. The van der Waals surface area contributed by atoms with Crippen LogP contribution >= 0.6 is 11.8 Å². The molecule has 0 saturated carbocycles. The number of halogens is 1. The molecule has 3 aromatic rings. The van der Waals surface area contributed by atoms with Gasteiger partial charge in [-0.3, -0.25) is 4.79 Å². The standard InChI is InChI=1S/C21H20FNO4S2/c22-19-9-5-4-6-16(19)14-28-13-11-23-21(24)20-17(10-12-27-20)15-29(25,26)18-7-2-1-3-8-18/h1-10,12H,11,13-15H2,(H,23,24). The van der Waals surface area contributed by atoms with E-state index >= 15 is 0 Å². The highest BCUT2D eigenvalue weighted by molar-refractivity contribution is 7.98. The van der Waals surface area contributed by atoms with Gasteiger partial charge >= 0.3 is 0 Å². The number of thioether (sulfide) groups is 1. The fraction of sp³-hybridized carbons (Fsp3) is 0.190. The number of sulfone groups is 1. The van der Waals surface area contributed by atoms with Crippen molar-refractivity contribution in [3.05, 3.63) is 89.6 Å². The van der Waals surface area contributed by atoms with Crippen molar-refractivity contribution in [1.82, 2.24) is 5.32 Å². The second kappa shape index (κ2) is 9.76. The Morgan fingerprint density at radius 3 is 2.48 bits per heavy atom. The second-order valence-electron chi connectivity index (χ2n) is 6.25. The first kappa shape index (κ1) is 21.1. The van der Waals surface area contributed by atoms with E-state index in [1.54, 1.807) is 36.4 Å². The molecule has 0 atom stereocenters. The summed E-state index contributed by atoms with van der Waals surface area (Å²) in [5.74, 6) is 0.0351. The lowest BCUT2D eigenvalue weighted by Gasteiger charge is -2.07. The number of benzene rings is 2. The Bertz CT molecular complexity index is 1070. The minimum absolute atomic E-state index is 0.0105. The molecule has 1 amide bonds. The van der Waals surface area contributed by atoms with Crippen molar-refractivity contribution in [3.8, 4) is 0 Å². The normalized spacial score (nSPS) is 11.3. The van der Waals surface area contributed by atoms with Gasteiger partial charge in [0.25, 0.3) is 5.91 Å². The first-order chi connectivity index (χ1) is 14.0. The van der Waals surface area contributed by atoms with E-state index in [0.717, 1.165) is 0 Å². The van der Waals surface area contributed by atoms with Crippen LogP contribution < -0.4 is 5.32 Å². The number of rotatable bonds is 9. The van der Waals surface area contributed by atoms with Crippen LogP contribution in [0.15, 0.2) is 76.2 Å². The van der Waals surface area contributed by atoms with Crippen LogP contribution in [0.3, 0.4) is 0 Å². The first-order valence-electron chi connectivity index (χ1n) is 8.91. The van der Waals surface area contributed by atoms with E-state index in [2.05, 4.69) is 5.32 Å². The molecule has 0 radical (unpaired) electrons. The fourth-order valence-electron chi connectivity index (χ4n) is 2.68. The molecular weight excluding hydrogens is 413 g/mol. The minimum atomic E-state index is -3.58. The number of nitrogens with one attached hydrogen (secondary N) is 1. The maximum absolute atomic E-state index is 13.6. The van der Waals surface area contributed by atoms with Gasteiger partial charge in [-0.2, -0.15) is 11.8 Å². The lowest BCUT2D eigenvalue weighted by molar-refractivity contribution is 0.0927. The maximum Gasteiger partial charge on any atom is 0.287 e. The third-order valence-electron chi connectivity index (χ3n) is 4.15. The summed E-state index contributed by atoms with van der Waals surface area (Å²) in [7, 11) is -3.58. The highest BCUT2D eigenvalue weighted by atomic mass is 32.2. The molecule has 5 nitrogen and oxygen atoms in total. The molecule has 0 spiro atoms. The number of furan rings is 1. The zero-order valence-electron chi connectivity index (χ0n) is 15.5. The van der Waals surface area contributed by atoms with Gasteiger partial charge in [-0.1, -0.05) is 36.4 Å². The Hall–Kier alpha value is -2.58. The van der Waals surface area contributed by atoms with E-state index in [1.165, 1.54) is 42.3 Å². The lowest BCUT2D eigenvalue weighted by atomic mass is 10.2. The van der Waals surface area contributed by atoms with Crippen molar-refractivity contribution in [3.63, 3.8) is 0 Å². The van der Waals surface area contributed by atoms with Crippen LogP contribution in [0.5, 0.6) is 0 Å². The molecule has 0 unspecified atom stereocenters. The van der Waals surface area contributed by atoms with Gasteiger partial charge in [0.05, 0.1) is 16.9 Å². The predicted molar refractivity (Wildman–Crippen MR) is 111 cm³/mol. The number of hydrogen-bond donors (Lipinski definition) is 1. The molecule has 0 aliphatic carbocycles. The molecular formula is C21H20FNO4S2. The van der Waals surface area contributed by atoms with Gasteiger partial charge in [0.1, 0.15) is 5.82 Å². The van der Waals surface area contributed by atoms with Crippen molar-refractivity contribution in [2.75, 3.05) is 12.3 Å². The van der Waals surface area contributed by atoms with Crippen LogP contribution in [0.4, 0.5) is 4.39 Å². The molecule has 0 saturated heterocycles. The predicted octanol–water partition coefficient (Wildman–Crippen LogP) is 4.06. The van der Waals surface area contributed by atoms with Gasteiger partial charge in [0.2, 0.25) is 0 Å². The van der Waals surface area contributed by atoms with Gasteiger partial charge in [-0.15, -0.1) is 0 Å². The number of hydrogen-bond acceptors (Lipinski definition) is 5. The minimum Gasteiger partial charge on any atom is -0.459 e. The summed E-state index contributed by atoms with van der Waals surface area (Å²) < 4.78 is 43.8. The molecule has 3 rings (SSSR count). The third kappa shape index (κ3) is 5.71. The van der Waals surface area contributed by atoms with Gasteiger partial charge in [-0.05, 0) is 29.8 Å². The third-order valence-corrected chi connectivity index (χ3v) is 6.84. The molecule has 0 bridgehead atoms. The van der Waals surface area contributed by atoms with E-state index in [4.69, 9.17) is 4.42 Å². The van der Waals surface area contributed by atoms with Gasteiger partial charge < -0.3 is 9.73 Å². The van der Waals surface area contributed by atoms with Crippen molar-refractivity contribution in [2.45, 2.75) is 16.4 Å². The Kier molecular flexibility index (Phi) is 7.11. The maximum atomic E-state index is 13.6. The van der Waals surface area contributed by atoms with Gasteiger partial charge in [-0.25, -0.2) is 12.8 Å². The van der Waals surface area contributed by atoms with Crippen LogP contribution in [0, 0.1) is 5.82 Å². The number of carbonyl (C=O) groups is 1. The molecule has 1 aromatic heterocycles. The Balaban J connectivity index is 1.52. The lowest BCUT2D eigenvalue weighted by Crippen LogP contribution is -2.26. The summed E-state index contributed by atoms with van der Waals surface area (Å²) >= 11 is 1.49. The average molecular weight is 434 g/mol. The quantitative estimate of drug-likeness (QED) is 0.515. The highest BCUT2D eigenvalue weighted by Gasteiger charge is 2.22. The smallest absolute Gasteiger partial charge is 0.287 e. The fourth-order valence-corrected chi connectivity index (χ4v) is 4.90. The van der Waals surface area contributed by atoms with Crippen molar-refractivity contribution in [1.29, 1.82) is 0 Å². The van der Waals surface area contributed by atoms with Crippen molar-refractivity contribution in [2.24, 2.45) is 0 Å². The zero-order valence-corrected chi connectivity index (χ0v) is 17.1. The van der Waals surface area contributed by atoms with E-state index < -0.39 is 15.7 Å². The van der Waals surface area contributed by atoms with Crippen LogP contribution in [0.25, 0.3) is 0 Å². The SMILES string of the molecule is O=C(NCCSCc1ccccc1F)c1occc1CS(=O)(=O)c1ccccc1. The summed E-state index contributed by atoms with van der Waals surface area (Å²) in [5, 5.41) is 2.71. The summed E-state index contributed by atoms with van der Waals surface area (Å²) in [5.41, 5.74) is 0.925. The summed E-state index contributed by atoms with van der Waals surface area (Å²) in [6.45, 7) is 0.351. The molecule has 0 aliphatic heterocycles. The molecule has 0 aliphatic rings. The molecule has 1 heterocycles. The van der Waals surface area contributed by atoms with E-state index in [-0.39, 0.29) is 22.2 Å². The largest absolute Gasteiger partial charge is 0.459 e. The van der Waals surface area contributed by atoms with Crippen molar-refractivity contribution < 1.29 is 22.0 Å². The van der Waals surface area contributed by atoms with Gasteiger partial charge in [0, 0.05) is 23.6 Å². The molecule has 29 heavy (non-hydrogen) atoms. The van der Waals surface area contributed by atoms with Crippen LogP contribution in [0.2, 0.25) is 0 Å². The van der Waals surface area contributed by atoms with Crippen LogP contribution in [-0.2, 0) is 21.3 Å². The Labute approximate surface area is 173 Å².